The number of nitrogens with one attached hydrogen (secondary N) is 3. The lowest BCUT2D eigenvalue weighted by atomic mass is 9.96. The summed E-state index contributed by atoms with van der Waals surface area (Å²) in [7, 11) is 0. The van der Waals surface area contributed by atoms with Crippen LogP contribution in [-0.4, -0.2) is 75.7 Å². The molecule has 2 rings (SSSR count). The number of rotatable bonds is 17. The SMILES string of the molecule is CCC(C)C(NC(=O)C(CCCN=C(N)N)NC(=O)C(N)Cc1ccc(O)cc1)C(=O)NC(Cc1ccc(O)cc1)C(=O)O. The van der Waals surface area contributed by atoms with Gasteiger partial charge in [-0.3, -0.25) is 19.4 Å². The highest BCUT2D eigenvalue weighted by atomic mass is 16.4. The number of aromatic hydroxyl groups is 2. The maximum absolute atomic E-state index is 13.5. The number of hydrogen-bond donors (Lipinski definition) is 9. The lowest BCUT2D eigenvalue weighted by molar-refractivity contribution is -0.142. The van der Waals surface area contributed by atoms with Crippen molar-refractivity contribution in [1.29, 1.82) is 0 Å². The van der Waals surface area contributed by atoms with Crippen LogP contribution in [0.2, 0.25) is 0 Å². The molecule has 12 N–H and O–H groups in total. The van der Waals surface area contributed by atoms with Gasteiger partial charge >= 0.3 is 5.97 Å². The van der Waals surface area contributed by atoms with Crippen molar-refractivity contribution in [3.63, 3.8) is 0 Å². The molecule has 0 aliphatic heterocycles. The van der Waals surface area contributed by atoms with Crippen LogP contribution in [0.25, 0.3) is 0 Å². The topological polar surface area (TPSA) is 255 Å². The fourth-order valence-corrected chi connectivity index (χ4v) is 4.31. The van der Waals surface area contributed by atoms with Crippen molar-refractivity contribution >= 4 is 29.7 Å². The number of nitrogens with zero attached hydrogens (tertiary/aromatic N) is 1. The summed E-state index contributed by atoms with van der Waals surface area (Å²) in [5, 5.41) is 36.6. The van der Waals surface area contributed by atoms with E-state index in [4.69, 9.17) is 17.2 Å². The second kappa shape index (κ2) is 17.3. The van der Waals surface area contributed by atoms with Crippen LogP contribution in [0.4, 0.5) is 0 Å². The number of phenols is 2. The van der Waals surface area contributed by atoms with Gasteiger partial charge in [-0.2, -0.15) is 0 Å². The minimum atomic E-state index is -1.30. The van der Waals surface area contributed by atoms with Crippen molar-refractivity contribution in [2.45, 2.75) is 70.1 Å². The quantitative estimate of drug-likeness (QED) is 0.0647. The molecule has 14 heteroatoms. The molecule has 240 valence electrons. The second-order valence-corrected chi connectivity index (χ2v) is 10.6. The Labute approximate surface area is 256 Å². The zero-order valence-electron chi connectivity index (χ0n) is 24.9. The number of aliphatic carboxylic acids is 1. The maximum Gasteiger partial charge on any atom is 0.326 e. The Hall–Kier alpha value is -4.85. The van der Waals surface area contributed by atoms with Gasteiger partial charge < -0.3 is 48.5 Å². The molecule has 0 heterocycles. The Balaban J connectivity index is 2.19. The molecular weight excluding hydrogens is 570 g/mol. The van der Waals surface area contributed by atoms with Crippen molar-refractivity contribution in [3.8, 4) is 11.5 Å². The van der Waals surface area contributed by atoms with Crippen molar-refractivity contribution in [3.05, 3.63) is 59.7 Å². The number of nitrogens with two attached hydrogens (primary N) is 3. The molecule has 0 bridgehead atoms. The molecule has 0 saturated carbocycles. The Bertz CT molecular complexity index is 1280. The van der Waals surface area contributed by atoms with Gasteiger partial charge in [-0.1, -0.05) is 44.5 Å². The molecule has 0 saturated heterocycles. The van der Waals surface area contributed by atoms with Gasteiger partial charge in [-0.05, 0) is 60.6 Å². The van der Waals surface area contributed by atoms with Crippen LogP contribution in [0.15, 0.2) is 53.5 Å². The Morgan fingerprint density at radius 3 is 1.82 bits per heavy atom. The van der Waals surface area contributed by atoms with Gasteiger partial charge in [0.2, 0.25) is 17.7 Å². The van der Waals surface area contributed by atoms with E-state index in [9.17, 15) is 34.5 Å². The molecule has 0 radical (unpaired) electrons. The molecule has 2 aromatic rings. The Morgan fingerprint density at radius 2 is 1.32 bits per heavy atom. The van der Waals surface area contributed by atoms with E-state index in [0.29, 0.717) is 24.0 Å². The minimum Gasteiger partial charge on any atom is -0.508 e. The van der Waals surface area contributed by atoms with Gasteiger partial charge in [0, 0.05) is 13.0 Å². The van der Waals surface area contributed by atoms with Crippen LogP contribution >= 0.6 is 0 Å². The van der Waals surface area contributed by atoms with Crippen LogP contribution in [0, 0.1) is 5.92 Å². The van der Waals surface area contributed by atoms with E-state index in [2.05, 4.69) is 20.9 Å². The average molecular weight is 614 g/mol. The number of aliphatic imine (C=N–C) groups is 1. The average Bonchev–Trinajstić information content (AvgIpc) is 2.98. The second-order valence-electron chi connectivity index (χ2n) is 10.6. The number of guanidine groups is 1. The third-order valence-corrected chi connectivity index (χ3v) is 7.09. The first kappa shape index (κ1) is 35.3. The first-order valence-electron chi connectivity index (χ1n) is 14.3. The third-order valence-electron chi connectivity index (χ3n) is 7.09. The number of carbonyl (C=O) groups is 4. The molecule has 5 atom stereocenters. The number of carboxylic acid groups (broad SMARTS) is 1. The highest BCUT2D eigenvalue weighted by Crippen LogP contribution is 2.14. The maximum atomic E-state index is 13.5. The predicted octanol–water partition coefficient (Wildman–Crippen LogP) is -0.151. The van der Waals surface area contributed by atoms with Crippen LogP contribution in [-0.2, 0) is 32.0 Å². The van der Waals surface area contributed by atoms with Gasteiger partial charge in [0.05, 0.1) is 6.04 Å². The van der Waals surface area contributed by atoms with Gasteiger partial charge in [0.25, 0.3) is 0 Å². The lowest BCUT2D eigenvalue weighted by Crippen LogP contribution is -2.59. The summed E-state index contributed by atoms with van der Waals surface area (Å²) in [5.74, 6) is -3.67. The molecule has 0 fully saturated rings. The molecule has 2 aromatic carbocycles. The summed E-state index contributed by atoms with van der Waals surface area (Å²) < 4.78 is 0. The predicted molar refractivity (Wildman–Crippen MR) is 164 cm³/mol. The van der Waals surface area contributed by atoms with E-state index >= 15 is 0 Å². The molecule has 0 aliphatic carbocycles. The van der Waals surface area contributed by atoms with E-state index < -0.39 is 53.8 Å². The van der Waals surface area contributed by atoms with E-state index in [1.54, 1.807) is 31.2 Å². The summed E-state index contributed by atoms with van der Waals surface area (Å²) in [4.78, 5) is 55.7. The first-order valence-corrected chi connectivity index (χ1v) is 14.3. The van der Waals surface area contributed by atoms with Gasteiger partial charge in [0.1, 0.15) is 29.6 Å². The number of amides is 3. The minimum absolute atomic E-state index is 0.0189. The molecule has 0 spiro atoms. The number of hydrogen-bond acceptors (Lipinski definition) is 8. The van der Waals surface area contributed by atoms with Crippen molar-refractivity contribution in [1.82, 2.24) is 16.0 Å². The first-order chi connectivity index (χ1) is 20.8. The molecule has 14 nitrogen and oxygen atoms in total. The molecule has 44 heavy (non-hydrogen) atoms. The normalized spacial score (nSPS) is 14.2. The molecule has 3 amide bonds. The van der Waals surface area contributed by atoms with Gasteiger partial charge in [0.15, 0.2) is 5.96 Å². The van der Waals surface area contributed by atoms with Gasteiger partial charge in [-0.15, -0.1) is 0 Å². The van der Waals surface area contributed by atoms with Crippen LogP contribution in [0.3, 0.4) is 0 Å². The number of carbonyl (C=O) groups excluding carboxylic acids is 3. The summed E-state index contributed by atoms with van der Waals surface area (Å²) in [6, 6.07) is 7.59. The van der Waals surface area contributed by atoms with E-state index in [1.807, 2.05) is 6.92 Å². The summed E-state index contributed by atoms with van der Waals surface area (Å²) in [6.07, 6.45) is 1.01. The fraction of sp³-hybridized carbons (Fsp3) is 0.433. The summed E-state index contributed by atoms with van der Waals surface area (Å²) >= 11 is 0. The molecular formula is C30H43N7O7. The fourth-order valence-electron chi connectivity index (χ4n) is 4.31. The van der Waals surface area contributed by atoms with Crippen LogP contribution < -0.4 is 33.2 Å². The number of carboxylic acids is 1. The standard InChI is InChI=1S/C30H43N7O7/c1-3-17(2)25(28(42)36-24(29(43)44)16-19-8-12-21(39)13-9-19)37-27(41)23(5-4-14-34-30(32)33)35-26(40)22(31)15-18-6-10-20(38)11-7-18/h6-13,17,22-25,38-39H,3-5,14-16,31H2,1-2H3,(H,35,40)(H,36,42)(H,37,41)(H,43,44)(H4,32,33,34). The van der Waals surface area contributed by atoms with Crippen LogP contribution in [0.5, 0.6) is 11.5 Å². The van der Waals surface area contributed by atoms with E-state index in [0.717, 1.165) is 0 Å². The Kier molecular flexibility index (Phi) is 13.9. The van der Waals surface area contributed by atoms with E-state index in [-0.39, 0.29) is 43.3 Å². The lowest BCUT2D eigenvalue weighted by Gasteiger charge is -2.28. The Morgan fingerprint density at radius 1 is 0.795 bits per heavy atom. The van der Waals surface area contributed by atoms with E-state index in [1.165, 1.54) is 24.3 Å². The summed E-state index contributed by atoms with van der Waals surface area (Å²) in [6.45, 7) is 3.74. The van der Waals surface area contributed by atoms with Crippen LogP contribution in [0.1, 0.15) is 44.2 Å². The smallest absolute Gasteiger partial charge is 0.326 e. The monoisotopic (exact) mass is 613 g/mol. The molecule has 5 unspecified atom stereocenters. The third kappa shape index (κ3) is 11.8. The highest BCUT2D eigenvalue weighted by Gasteiger charge is 2.32. The zero-order valence-corrected chi connectivity index (χ0v) is 24.9. The van der Waals surface area contributed by atoms with Crippen molar-refractivity contribution in [2.24, 2.45) is 28.1 Å². The van der Waals surface area contributed by atoms with Gasteiger partial charge in [-0.25, -0.2) is 4.79 Å². The molecule has 0 aromatic heterocycles. The highest BCUT2D eigenvalue weighted by molar-refractivity contribution is 5.94. The molecule has 0 aliphatic rings. The van der Waals surface area contributed by atoms with Crippen molar-refractivity contribution in [2.75, 3.05) is 6.54 Å². The zero-order chi connectivity index (χ0) is 32.8. The largest absolute Gasteiger partial charge is 0.508 e. The number of benzene rings is 2. The summed E-state index contributed by atoms with van der Waals surface area (Å²) in [5.41, 5.74) is 18.2. The van der Waals surface area contributed by atoms with Crippen molar-refractivity contribution < 1.29 is 34.5 Å². The number of phenolic OH excluding ortho intramolecular Hbond substituents is 2.